The molecule has 1 aliphatic heterocycles. The average Bonchev–Trinajstić information content (AvgIpc) is 2.43. The van der Waals surface area contributed by atoms with E-state index in [2.05, 4.69) is 41.5 Å². The fourth-order valence-corrected chi connectivity index (χ4v) is 4.08. The lowest BCUT2D eigenvalue weighted by Crippen LogP contribution is -2.35. The van der Waals surface area contributed by atoms with Gasteiger partial charge in [-0.3, -0.25) is 0 Å². The van der Waals surface area contributed by atoms with Crippen LogP contribution in [0.2, 0.25) is 17.9 Å². The highest BCUT2D eigenvalue weighted by Crippen LogP contribution is 2.49. The van der Waals surface area contributed by atoms with Crippen molar-refractivity contribution in [2.75, 3.05) is 0 Å². The maximum absolute atomic E-state index is 2.48. The first-order valence-corrected chi connectivity index (χ1v) is 6.76. The molecular weight excluding hydrogens is 178 g/mol. The van der Waals surface area contributed by atoms with E-state index in [-0.39, 0.29) is 0 Å². The molecule has 0 fully saturated rings. The molecule has 0 radical (unpaired) electrons. The van der Waals surface area contributed by atoms with Gasteiger partial charge in [-0.05, 0) is 12.8 Å². The first-order valence-electron chi connectivity index (χ1n) is 6.76. The van der Waals surface area contributed by atoms with Crippen LogP contribution in [0, 0.1) is 0 Å². The summed E-state index contributed by atoms with van der Waals surface area (Å²) >= 11 is 0. The first-order chi connectivity index (χ1) is 7.04. The van der Waals surface area contributed by atoms with Crippen LogP contribution in [0.15, 0.2) is 10.9 Å². The molecule has 0 bridgehead atoms. The van der Waals surface area contributed by atoms with E-state index >= 15 is 0 Å². The van der Waals surface area contributed by atoms with Gasteiger partial charge >= 0.3 is 0 Å². The van der Waals surface area contributed by atoms with Gasteiger partial charge < -0.3 is 0 Å². The normalized spacial score (nSPS) is 20.4. The van der Waals surface area contributed by atoms with Crippen LogP contribution < -0.4 is 0 Å². The summed E-state index contributed by atoms with van der Waals surface area (Å²) in [5.74, 6) is 0. The molecule has 1 aliphatic rings. The summed E-state index contributed by atoms with van der Waals surface area (Å²) in [5.41, 5.74) is 3.58. The van der Waals surface area contributed by atoms with E-state index in [9.17, 15) is 0 Å². The van der Waals surface area contributed by atoms with Crippen LogP contribution >= 0.6 is 0 Å². The molecule has 1 rings (SSSR count). The highest BCUT2D eigenvalue weighted by molar-refractivity contribution is 6.94. The van der Waals surface area contributed by atoms with E-state index < -0.39 is 0 Å². The van der Waals surface area contributed by atoms with E-state index in [1.807, 2.05) is 0 Å². The van der Waals surface area contributed by atoms with Gasteiger partial charge in [-0.15, -0.1) is 10.9 Å². The molecule has 0 amide bonds. The molecule has 0 unspecified atom stereocenters. The smallest absolute Gasteiger partial charge is 0.111 e. The maximum Gasteiger partial charge on any atom is 0.168 e. The van der Waals surface area contributed by atoms with Gasteiger partial charge in [0.2, 0.25) is 0 Å². The van der Waals surface area contributed by atoms with Crippen molar-refractivity contribution >= 4 is 13.4 Å². The minimum absolute atomic E-state index is 0.500. The molecule has 0 aromatic rings. The third-order valence-corrected chi connectivity index (χ3v) is 4.63. The Balaban J connectivity index is 3.14. The van der Waals surface area contributed by atoms with Crippen molar-refractivity contribution in [1.82, 2.24) is 0 Å². The molecule has 0 aromatic carbocycles. The van der Waals surface area contributed by atoms with Gasteiger partial charge in [0.05, 0.1) is 0 Å². The summed E-state index contributed by atoms with van der Waals surface area (Å²) in [4.78, 5) is 0. The quantitative estimate of drug-likeness (QED) is 0.589. The van der Waals surface area contributed by atoms with E-state index in [0.29, 0.717) is 5.21 Å². The molecule has 0 saturated heterocycles. The fraction of sp³-hybridized carbons (Fsp3) is 0.846. The Labute approximate surface area is 97.1 Å². The van der Waals surface area contributed by atoms with Crippen molar-refractivity contribution in [1.29, 1.82) is 0 Å². The van der Waals surface area contributed by atoms with Crippen molar-refractivity contribution in [3.63, 3.8) is 0 Å². The number of hydrogen-bond donors (Lipinski definition) is 0. The summed E-state index contributed by atoms with van der Waals surface area (Å²) in [6.45, 7) is 16.0. The van der Waals surface area contributed by atoms with Crippen LogP contribution in [0.25, 0.3) is 0 Å². The summed E-state index contributed by atoms with van der Waals surface area (Å²) in [5, 5.41) is 0.500. The molecule has 15 heavy (non-hydrogen) atoms. The largest absolute Gasteiger partial charge is 0.168 e. The summed E-state index contributed by atoms with van der Waals surface area (Å²) in [6.07, 6.45) is 5.16. The first kappa shape index (κ1) is 12.9. The van der Waals surface area contributed by atoms with Gasteiger partial charge in [0, 0.05) is 0 Å². The highest BCUT2D eigenvalue weighted by atomic mass is 14.2. The SMILES string of the molecule is CCB1C(CC)=C(CC)B(CC)C1(C)C. The molecule has 0 saturated carbocycles. The lowest BCUT2D eigenvalue weighted by Gasteiger charge is -2.31. The second kappa shape index (κ2) is 4.80. The van der Waals surface area contributed by atoms with Crippen LogP contribution in [0.4, 0.5) is 0 Å². The van der Waals surface area contributed by atoms with Crippen molar-refractivity contribution in [2.45, 2.75) is 72.2 Å². The van der Waals surface area contributed by atoms with Crippen molar-refractivity contribution in [3.05, 3.63) is 10.9 Å². The van der Waals surface area contributed by atoms with Gasteiger partial charge in [-0.25, -0.2) is 0 Å². The fourth-order valence-electron chi connectivity index (χ4n) is 4.08. The molecule has 0 atom stereocenters. The van der Waals surface area contributed by atoms with Crippen LogP contribution in [-0.2, 0) is 0 Å². The minimum atomic E-state index is 0.500. The molecule has 0 N–H and O–H groups in total. The Kier molecular flexibility index (Phi) is 4.14. The molecule has 0 nitrogen and oxygen atoms in total. The Morgan fingerprint density at radius 3 is 1.33 bits per heavy atom. The van der Waals surface area contributed by atoms with Crippen molar-refractivity contribution in [2.24, 2.45) is 0 Å². The van der Waals surface area contributed by atoms with E-state index in [1.165, 1.54) is 25.5 Å². The van der Waals surface area contributed by atoms with Gasteiger partial charge in [-0.2, -0.15) is 0 Å². The molecule has 2 heteroatoms. The van der Waals surface area contributed by atoms with Crippen LogP contribution in [0.3, 0.4) is 0 Å². The Hall–Kier alpha value is -0.130. The molecule has 84 valence electrons. The number of rotatable bonds is 4. The molecule has 0 aliphatic carbocycles. The van der Waals surface area contributed by atoms with E-state index in [4.69, 9.17) is 0 Å². The lowest BCUT2D eigenvalue weighted by atomic mass is 9.16. The lowest BCUT2D eigenvalue weighted by molar-refractivity contribution is 0.894. The zero-order chi connectivity index (χ0) is 11.6. The van der Waals surface area contributed by atoms with Crippen molar-refractivity contribution in [3.8, 4) is 0 Å². The van der Waals surface area contributed by atoms with Gasteiger partial charge in [0.15, 0.2) is 13.4 Å². The van der Waals surface area contributed by atoms with Gasteiger partial charge in [0.25, 0.3) is 0 Å². The number of hydrogen-bond acceptors (Lipinski definition) is 0. The molecule has 0 aromatic heterocycles. The average molecular weight is 204 g/mol. The predicted octanol–water partition coefficient (Wildman–Crippen LogP) is 4.54. The second-order valence-corrected chi connectivity index (χ2v) is 5.50. The Morgan fingerprint density at radius 2 is 1.13 bits per heavy atom. The highest BCUT2D eigenvalue weighted by Gasteiger charge is 2.48. The summed E-state index contributed by atoms with van der Waals surface area (Å²) in [6, 6.07) is 0. The molecular formula is C13H26B2. The van der Waals surface area contributed by atoms with Crippen LogP contribution in [-0.4, -0.2) is 13.4 Å². The standard InChI is InChI=1S/C13H26B2/c1-7-11-12(8-2)15(10-4)13(5,6)14(11)9-3/h7-10H2,1-6H3. The third kappa shape index (κ3) is 1.92. The van der Waals surface area contributed by atoms with Crippen LogP contribution in [0.5, 0.6) is 0 Å². The molecule has 1 heterocycles. The zero-order valence-corrected chi connectivity index (χ0v) is 11.5. The van der Waals surface area contributed by atoms with Crippen molar-refractivity contribution < 1.29 is 0 Å². The van der Waals surface area contributed by atoms with Gasteiger partial charge in [-0.1, -0.05) is 59.4 Å². The zero-order valence-electron chi connectivity index (χ0n) is 11.5. The van der Waals surface area contributed by atoms with E-state index in [1.54, 1.807) is 10.9 Å². The summed E-state index contributed by atoms with van der Waals surface area (Å²) < 4.78 is 0. The minimum Gasteiger partial charge on any atom is -0.111 e. The van der Waals surface area contributed by atoms with Gasteiger partial charge in [0.1, 0.15) is 0 Å². The Morgan fingerprint density at radius 1 is 0.800 bits per heavy atom. The monoisotopic (exact) mass is 204 g/mol. The van der Waals surface area contributed by atoms with E-state index in [0.717, 1.165) is 13.4 Å². The second-order valence-electron chi connectivity index (χ2n) is 5.50. The topological polar surface area (TPSA) is 0 Å². The predicted molar refractivity (Wildman–Crippen MR) is 74.1 cm³/mol. The summed E-state index contributed by atoms with van der Waals surface area (Å²) in [7, 11) is 0. The maximum atomic E-state index is 2.48. The third-order valence-electron chi connectivity index (χ3n) is 4.63. The van der Waals surface area contributed by atoms with Crippen LogP contribution in [0.1, 0.15) is 54.4 Å². The Bertz CT molecular complexity index is 229. The molecule has 0 spiro atoms. The number of allylic oxidation sites excluding steroid dienone is 2.